The minimum atomic E-state index is 0.395. The number of rotatable bonds is 2. The second kappa shape index (κ2) is 7.16. The largest absolute Gasteiger partial charge is 0.369 e. The highest BCUT2D eigenvalue weighted by Crippen LogP contribution is 1.99. The van der Waals surface area contributed by atoms with Crippen LogP contribution in [0.4, 0.5) is 0 Å². The molecule has 0 radical (unpaired) electrons. The van der Waals surface area contributed by atoms with Crippen LogP contribution >= 0.6 is 12.2 Å². The second-order valence-electron chi connectivity index (χ2n) is 4.74. The molecule has 2 rings (SSSR count). The minimum absolute atomic E-state index is 0.395. The van der Waals surface area contributed by atoms with Crippen LogP contribution in [0.15, 0.2) is 29.4 Å². The van der Waals surface area contributed by atoms with Crippen LogP contribution in [0.3, 0.4) is 0 Å². The summed E-state index contributed by atoms with van der Waals surface area (Å²) in [7, 11) is 2.10. The zero-order chi connectivity index (χ0) is 14.4. The van der Waals surface area contributed by atoms with Crippen molar-refractivity contribution in [3.63, 3.8) is 0 Å². The zero-order valence-corrected chi connectivity index (χ0v) is 12.4. The molecule has 0 amide bonds. The van der Waals surface area contributed by atoms with Crippen LogP contribution in [0.25, 0.3) is 0 Å². The first kappa shape index (κ1) is 14.7. The van der Waals surface area contributed by atoms with Gasteiger partial charge < -0.3 is 20.9 Å². The maximum atomic E-state index is 5.98. The number of nitrogens with two attached hydrogens (primary N) is 1. The molecule has 7 heteroatoms. The van der Waals surface area contributed by atoms with Crippen LogP contribution in [0.2, 0.25) is 0 Å². The van der Waals surface area contributed by atoms with Crippen molar-refractivity contribution in [3.8, 4) is 0 Å². The molecule has 0 spiro atoms. The van der Waals surface area contributed by atoms with E-state index >= 15 is 0 Å². The number of nitrogens with zero attached hydrogens (tertiary/aromatic N) is 4. The summed E-state index contributed by atoms with van der Waals surface area (Å²) in [5, 5.41) is 3.44. The van der Waals surface area contributed by atoms with Crippen LogP contribution in [-0.2, 0) is 6.54 Å². The summed E-state index contributed by atoms with van der Waals surface area (Å²) >= 11 is 5.18. The Kier molecular flexibility index (Phi) is 5.25. The summed E-state index contributed by atoms with van der Waals surface area (Å²) in [5.41, 5.74) is 6.90. The fourth-order valence-electron chi connectivity index (χ4n) is 1.92. The molecule has 0 saturated carbocycles. The smallest absolute Gasteiger partial charge is 0.198 e. The molecule has 6 nitrogen and oxygen atoms in total. The Balaban J connectivity index is 1.82. The number of piperazine rings is 1. The molecule has 0 unspecified atom stereocenters. The SMILES string of the molecule is CN1CCN(C(N)=NC(=S)NCc2ccccn2)CC1. The molecule has 0 bridgehead atoms. The molecular formula is C13H20N6S. The molecular weight excluding hydrogens is 272 g/mol. The molecule has 0 aromatic carbocycles. The van der Waals surface area contributed by atoms with Crippen molar-refractivity contribution in [3.05, 3.63) is 30.1 Å². The Morgan fingerprint density at radius 2 is 2.15 bits per heavy atom. The van der Waals surface area contributed by atoms with Crippen molar-refractivity contribution >= 4 is 23.3 Å². The van der Waals surface area contributed by atoms with Gasteiger partial charge in [-0.05, 0) is 31.4 Å². The van der Waals surface area contributed by atoms with Gasteiger partial charge in [-0.1, -0.05) is 6.07 Å². The topological polar surface area (TPSA) is 69.8 Å². The summed E-state index contributed by atoms with van der Waals surface area (Å²) in [6.45, 7) is 4.30. The second-order valence-corrected chi connectivity index (χ2v) is 5.13. The lowest BCUT2D eigenvalue weighted by atomic mass is 10.3. The van der Waals surface area contributed by atoms with E-state index in [-0.39, 0.29) is 0 Å². The van der Waals surface area contributed by atoms with Crippen molar-refractivity contribution in [1.29, 1.82) is 0 Å². The predicted octanol–water partition coefficient (Wildman–Crippen LogP) is 0.0182. The molecule has 1 fully saturated rings. The molecule has 3 N–H and O–H groups in total. The van der Waals surface area contributed by atoms with E-state index in [0.29, 0.717) is 17.6 Å². The van der Waals surface area contributed by atoms with Gasteiger partial charge in [0.2, 0.25) is 0 Å². The lowest BCUT2D eigenvalue weighted by molar-refractivity contribution is 0.214. The summed E-state index contributed by atoms with van der Waals surface area (Å²) in [6, 6.07) is 5.75. The number of thiocarbonyl (C=S) groups is 1. The van der Waals surface area contributed by atoms with Crippen LogP contribution in [0.5, 0.6) is 0 Å². The summed E-state index contributed by atoms with van der Waals surface area (Å²) in [5.74, 6) is 0.483. The Morgan fingerprint density at radius 1 is 1.40 bits per heavy atom. The Morgan fingerprint density at radius 3 is 2.80 bits per heavy atom. The highest BCUT2D eigenvalue weighted by Gasteiger charge is 2.15. The van der Waals surface area contributed by atoms with Gasteiger partial charge in [-0.15, -0.1) is 0 Å². The molecule has 20 heavy (non-hydrogen) atoms. The van der Waals surface area contributed by atoms with Crippen molar-refractivity contribution < 1.29 is 0 Å². The molecule has 1 aliphatic rings. The molecule has 2 heterocycles. The number of pyridine rings is 1. The van der Waals surface area contributed by atoms with Crippen LogP contribution in [0.1, 0.15) is 5.69 Å². The zero-order valence-electron chi connectivity index (χ0n) is 11.6. The van der Waals surface area contributed by atoms with Gasteiger partial charge in [0, 0.05) is 32.4 Å². The molecule has 1 aliphatic heterocycles. The quantitative estimate of drug-likeness (QED) is 0.455. The van der Waals surface area contributed by atoms with E-state index in [1.54, 1.807) is 6.20 Å². The molecule has 108 valence electrons. The summed E-state index contributed by atoms with van der Waals surface area (Å²) in [6.07, 6.45) is 1.75. The Labute approximate surface area is 124 Å². The van der Waals surface area contributed by atoms with Gasteiger partial charge in [0.1, 0.15) is 0 Å². The molecule has 1 aromatic heterocycles. The van der Waals surface area contributed by atoms with E-state index in [1.807, 2.05) is 18.2 Å². The van der Waals surface area contributed by atoms with Gasteiger partial charge in [0.25, 0.3) is 0 Å². The van der Waals surface area contributed by atoms with E-state index in [9.17, 15) is 0 Å². The van der Waals surface area contributed by atoms with E-state index in [1.165, 1.54) is 0 Å². The molecule has 1 aromatic rings. The fourth-order valence-corrected chi connectivity index (χ4v) is 2.08. The van der Waals surface area contributed by atoms with Crippen molar-refractivity contribution in [1.82, 2.24) is 20.1 Å². The molecule has 0 atom stereocenters. The highest BCUT2D eigenvalue weighted by atomic mass is 32.1. The monoisotopic (exact) mass is 292 g/mol. The van der Waals surface area contributed by atoms with Gasteiger partial charge in [0.15, 0.2) is 11.1 Å². The van der Waals surface area contributed by atoms with Gasteiger partial charge in [-0.25, -0.2) is 0 Å². The minimum Gasteiger partial charge on any atom is -0.369 e. The summed E-state index contributed by atoms with van der Waals surface area (Å²) in [4.78, 5) is 12.8. The highest BCUT2D eigenvalue weighted by molar-refractivity contribution is 7.80. The first-order chi connectivity index (χ1) is 9.65. The van der Waals surface area contributed by atoms with Crippen molar-refractivity contribution in [2.24, 2.45) is 10.7 Å². The standard InChI is InChI=1S/C13H20N6S/c1-18-6-8-19(9-7-18)12(14)17-13(20)16-10-11-4-2-3-5-15-11/h2-5H,6-10H2,1H3,(H3,14,16,17,20). The predicted molar refractivity (Wildman–Crippen MR) is 84.4 cm³/mol. The van der Waals surface area contributed by atoms with E-state index in [2.05, 4.69) is 32.1 Å². The lowest BCUT2D eigenvalue weighted by Gasteiger charge is -2.32. The van der Waals surface area contributed by atoms with Crippen molar-refractivity contribution in [2.45, 2.75) is 6.54 Å². The third-order valence-electron chi connectivity index (χ3n) is 3.19. The third kappa shape index (κ3) is 4.43. The van der Waals surface area contributed by atoms with Gasteiger partial charge in [-0.2, -0.15) is 4.99 Å². The number of aromatic nitrogens is 1. The van der Waals surface area contributed by atoms with E-state index in [4.69, 9.17) is 18.0 Å². The average Bonchev–Trinajstić information content (AvgIpc) is 2.47. The normalized spacial score (nSPS) is 17.1. The van der Waals surface area contributed by atoms with E-state index in [0.717, 1.165) is 31.9 Å². The van der Waals surface area contributed by atoms with Gasteiger partial charge >= 0.3 is 0 Å². The number of nitrogens with one attached hydrogen (secondary N) is 1. The van der Waals surface area contributed by atoms with Crippen LogP contribution in [0, 0.1) is 0 Å². The van der Waals surface area contributed by atoms with Gasteiger partial charge in [0.05, 0.1) is 12.2 Å². The first-order valence-corrected chi connectivity index (χ1v) is 7.01. The Bertz CT molecular complexity index is 467. The maximum Gasteiger partial charge on any atom is 0.198 e. The third-order valence-corrected chi connectivity index (χ3v) is 3.43. The number of hydrogen-bond acceptors (Lipinski definition) is 3. The first-order valence-electron chi connectivity index (χ1n) is 6.60. The van der Waals surface area contributed by atoms with E-state index < -0.39 is 0 Å². The van der Waals surface area contributed by atoms with Gasteiger partial charge in [-0.3, -0.25) is 4.98 Å². The number of guanidine groups is 1. The average molecular weight is 292 g/mol. The fraction of sp³-hybridized carbons (Fsp3) is 0.462. The Hall–Kier alpha value is -1.73. The van der Waals surface area contributed by atoms with Crippen LogP contribution < -0.4 is 11.1 Å². The van der Waals surface area contributed by atoms with Crippen molar-refractivity contribution in [2.75, 3.05) is 33.2 Å². The molecule has 1 saturated heterocycles. The lowest BCUT2D eigenvalue weighted by Crippen LogP contribution is -2.50. The number of aliphatic imine (C=N–C) groups is 1. The molecule has 0 aliphatic carbocycles. The number of hydrogen-bond donors (Lipinski definition) is 2. The van der Waals surface area contributed by atoms with Crippen LogP contribution in [-0.4, -0.2) is 59.1 Å². The number of likely N-dealkylation sites (N-methyl/N-ethyl adjacent to an activating group) is 1. The summed E-state index contributed by atoms with van der Waals surface area (Å²) < 4.78 is 0. The maximum absolute atomic E-state index is 5.98.